The molecule has 96 valence electrons. The standard InChI is InChI=1S/C16H14O3/c17-15(18)9-8-11-5-3-6-13-10-12-4-1-2-7-14(12)19-16(11)13/h1-7H,8-10H2,(H,17,18). The number of ether oxygens (including phenoxy) is 1. The molecule has 0 fully saturated rings. The topological polar surface area (TPSA) is 46.5 Å². The molecule has 0 saturated heterocycles. The van der Waals surface area contributed by atoms with Gasteiger partial charge in [-0.15, -0.1) is 0 Å². The van der Waals surface area contributed by atoms with Crippen LogP contribution in [0.25, 0.3) is 0 Å². The summed E-state index contributed by atoms with van der Waals surface area (Å²) in [5.74, 6) is 0.925. The van der Waals surface area contributed by atoms with E-state index in [-0.39, 0.29) is 6.42 Å². The van der Waals surface area contributed by atoms with Gasteiger partial charge < -0.3 is 9.84 Å². The summed E-state index contributed by atoms with van der Waals surface area (Å²) in [5, 5.41) is 8.80. The molecule has 2 aromatic rings. The maximum atomic E-state index is 10.7. The van der Waals surface area contributed by atoms with Crippen molar-refractivity contribution in [2.75, 3.05) is 0 Å². The minimum absolute atomic E-state index is 0.126. The highest BCUT2D eigenvalue weighted by Gasteiger charge is 2.19. The maximum absolute atomic E-state index is 10.7. The van der Waals surface area contributed by atoms with Crippen molar-refractivity contribution in [3.8, 4) is 11.5 Å². The molecule has 0 amide bonds. The second-order valence-corrected chi connectivity index (χ2v) is 4.69. The molecule has 1 aliphatic rings. The van der Waals surface area contributed by atoms with Crippen LogP contribution in [-0.4, -0.2) is 11.1 Å². The Hall–Kier alpha value is -2.29. The third-order valence-electron chi connectivity index (χ3n) is 3.35. The Morgan fingerprint density at radius 3 is 2.74 bits per heavy atom. The minimum atomic E-state index is -0.784. The molecule has 0 unspecified atom stereocenters. The largest absolute Gasteiger partial charge is 0.481 e. The van der Waals surface area contributed by atoms with Crippen LogP contribution >= 0.6 is 0 Å². The molecule has 0 spiro atoms. The molecule has 3 nitrogen and oxygen atoms in total. The van der Waals surface area contributed by atoms with Crippen LogP contribution in [0.15, 0.2) is 42.5 Å². The molecule has 0 saturated carbocycles. The molecule has 0 aliphatic carbocycles. The number of aliphatic carboxylic acids is 1. The average molecular weight is 254 g/mol. The van der Waals surface area contributed by atoms with E-state index >= 15 is 0 Å². The van der Waals surface area contributed by atoms with Crippen molar-refractivity contribution >= 4 is 5.97 Å². The third-order valence-corrected chi connectivity index (χ3v) is 3.35. The van der Waals surface area contributed by atoms with Crippen molar-refractivity contribution in [3.63, 3.8) is 0 Å². The Kier molecular flexibility index (Phi) is 2.95. The van der Waals surface area contributed by atoms with Crippen molar-refractivity contribution in [2.24, 2.45) is 0 Å². The molecule has 2 aromatic carbocycles. The van der Waals surface area contributed by atoms with E-state index in [1.165, 1.54) is 5.56 Å². The lowest BCUT2D eigenvalue weighted by atomic mass is 9.96. The second kappa shape index (κ2) is 4.76. The quantitative estimate of drug-likeness (QED) is 0.779. The molecule has 0 bridgehead atoms. The van der Waals surface area contributed by atoms with E-state index in [0.29, 0.717) is 6.42 Å². The van der Waals surface area contributed by atoms with Gasteiger partial charge in [-0.3, -0.25) is 4.79 Å². The Morgan fingerprint density at radius 2 is 1.89 bits per heavy atom. The van der Waals surface area contributed by atoms with Crippen LogP contribution in [0.1, 0.15) is 23.1 Å². The fourth-order valence-electron chi connectivity index (χ4n) is 2.41. The highest BCUT2D eigenvalue weighted by atomic mass is 16.5. The zero-order valence-electron chi connectivity index (χ0n) is 10.4. The van der Waals surface area contributed by atoms with Gasteiger partial charge in [-0.1, -0.05) is 36.4 Å². The number of hydrogen-bond donors (Lipinski definition) is 1. The Labute approximate surface area is 111 Å². The summed E-state index contributed by atoms with van der Waals surface area (Å²) in [4.78, 5) is 10.7. The molecule has 3 heteroatoms. The second-order valence-electron chi connectivity index (χ2n) is 4.69. The lowest BCUT2D eigenvalue weighted by Gasteiger charge is -2.22. The van der Waals surface area contributed by atoms with Crippen LogP contribution in [0.5, 0.6) is 11.5 Å². The van der Waals surface area contributed by atoms with Crippen LogP contribution < -0.4 is 4.74 Å². The molecule has 0 atom stereocenters. The van der Waals surface area contributed by atoms with Gasteiger partial charge in [0.1, 0.15) is 11.5 Å². The van der Waals surface area contributed by atoms with E-state index < -0.39 is 5.97 Å². The number of para-hydroxylation sites is 2. The number of fused-ring (bicyclic) bond motifs is 2. The minimum Gasteiger partial charge on any atom is -0.481 e. The highest BCUT2D eigenvalue weighted by molar-refractivity contribution is 5.67. The van der Waals surface area contributed by atoms with E-state index in [0.717, 1.165) is 29.0 Å². The zero-order valence-corrected chi connectivity index (χ0v) is 10.4. The van der Waals surface area contributed by atoms with Gasteiger partial charge in [0.15, 0.2) is 0 Å². The average Bonchev–Trinajstić information content (AvgIpc) is 2.42. The van der Waals surface area contributed by atoms with Gasteiger partial charge in [-0.2, -0.15) is 0 Å². The van der Waals surface area contributed by atoms with Crippen molar-refractivity contribution in [2.45, 2.75) is 19.3 Å². The Balaban J connectivity index is 1.94. The number of benzene rings is 2. The van der Waals surface area contributed by atoms with Crippen LogP contribution in [0, 0.1) is 0 Å². The smallest absolute Gasteiger partial charge is 0.303 e. The predicted octanol–water partition coefficient (Wildman–Crippen LogP) is 3.40. The van der Waals surface area contributed by atoms with E-state index in [9.17, 15) is 4.79 Å². The number of rotatable bonds is 3. The lowest BCUT2D eigenvalue weighted by molar-refractivity contribution is -0.136. The predicted molar refractivity (Wildman–Crippen MR) is 71.7 cm³/mol. The number of carboxylic acid groups (broad SMARTS) is 1. The molecule has 19 heavy (non-hydrogen) atoms. The lowest BCUT2D eigenvalue weighted by Crippen LogP contribution is -2.06. The van der Waals surface area contributed by atoms with Crippen molar-refractivity contribution in [1.82, 2.24) is 0 Å². The van der Waals surface area contributed by atoms with Crippen molar-refractivity contribution in [3.05, 3.63) is 59.2 Å². The van der Waals surface area contributed by atoms with Crippen LogP contribution in [-0.2, 0) is 17.6 Å². The molecule has 1 aliphatic heterocycles. The first-order chi connectivity index (χ1) is 9.24. The summed E-state index contributed by atoms with van der Waals surface area (Å²) >= 11 is 0. The number of carbonyl (C=O) groups is 1. The number of carboxylic acids is 1. The summed E-state index contributed by atoms with van der Waals surface area (Å²) in [6, 6.07) is 13.9. The molecule has 0 aromatic heterocycles. The normalized spacial score (nSPS) is 12.2. The van der Waals surface area contributed by atoms with Gasteiger partial charge in [0.2, 0.25) is 0 Å². The molecular formula is C16H14O3. The highest BCUT2D eigenvalue weighted by Crippen LogP contribution is 2.38. The van der Waals surface area contributed by atoms with E-state index in [1.807, 2.05) is 36.4 Å². The van der Waals surface area contributed by atoms with Gasteiger partial charge >= 0.3 is 5.97 Å². The fourth-order valence-corrected chi connectivity index (χ4v) is 2.41. The van der Waals surface area contributed by atoms with E-state index in [2.05, 4.69) is 6.07 Å². The van der Waals surface area contributed by atoms with E-state index in [1.54, 1.807) is 0 Å². The zero-order chi connectivity index (χ0) is 13.2. The maximum Gasteiger partial charge on any atom is 0.303 e. The SMILES string of the molecule is O=C(O)CCc1cccc2c1Oc1ccccc1C2. The van der Waals surface area contributed by atoms with Gasteiger partial charge in [0.25, 0.3) is 0 Å². The van der Waals surface area contributed by atoms with Crippen LogP contribution in [0.3, 0.4) is 0 Å². The first-order valence-corrected chi connectivity index (χ1v) is 6.32. The number of hydrogen-bond acceptors (Lipinski definition) is 2. The van der Waals surface area contributed by atoms with Gasteiger partial charge in [-0.25, -0.2) is 0 Å². The summed E-state index contributed by atoms with van der Waals surface area (Å²) in [5.41, 5.74) is 3.27. The Morgan fingerprint density at radius 1 is 1.11 bits per heavy atom. The Bertz CT molecular complexity index is 632. The third kappa shape index (κ3) is 2.32. The fraction of sp³-hybridized carbons (Fsp3) is 0.188. The molecule has 1 heterocycles. The summed E-state index contributed by atoms with van der Waals surface area (Å²) in [6.07, 6.45) is 1.47. The molecule has 1 N–H and O–H groups in total. The van der Waals surface area contributed by atoms with Gasteiger partial charge in [0.05, 0.1) is 0 Å². The molecule has 3 rings (SSSR count). The molecular weight excluding hydrogens is 240 g/mol. The summed E-state index contributed by atoms with van der Waals surface area (Å²) in [6.45, 7) is 0. The molecule has 0 radical (unpaired) electrons. The van der Waals surface area contributed by atoms with Crippen molar-refractivity contribution in [1.29, 1.82) is 0 Å². The summed E-state index contributed by atoms with van der Waals surface area (Å²) < 4.78 is 5.95. The first kappa shape index (κ1) is 11.8. The number of aryl methyl sites for hydroxylation is 1. The van der Waals surface area contributed by atoms with Gasteiger partial charge in [0, 0.05) is 12.8 Å². The van der Waals surface area contributed by atoms with E-state index in [4.69, 9.17) is 9.84 Å². The van der Waals surface area contributed by atoms with Crippen LogP contribution in [0.2, 0.25) is 0 Å². The van der Waals surface area contributed by atoms with Crippen LogP contribution in [0.4, 0.5) is 0 Å². The first-order valence-electron chi connectivity index (χ1n) is 6.32. The van der Waals surface area contributed by atoms with Crippen molar-refractivity contribution < 1.29 is 14.6 Å². The monoisotopic (exact) mass is 254 g/mol. The van der Waals surface area contributed by atoms with Gasteiger partial charge in [-0.05, 0) is 29.2 Å². The summed E-state index contributed by atoms with van der Waals surface area (Å²) in [7, 11) is 0.